The predicted molar refractivity (Wildman–Crippen MR) is 89.8 cm³/mol. The predicted octanol–water partition coefficient (Wildman–Crippen LogP) is 2.76. The summed E-state index contributed by atoms with van der Waals surface area (Å²) in [5.41, 5.74) is 3.22. The van der Waals surface area contributed by atoms with E-state index in [1.54, 1.807) is 4.90 Å². The number of carbonyl (C=O) groups is 1. The molecule has 1 N–H and O–H groups in total. The van der Waals surface area contributed by atoms with E-state index in [0.717, 1.165) is 16.8 Å². The molecule has 122 valence electrons. The summed E-state index contributed by atoms with van der Waals surface area (Å²) < 4.78 is 5.62. The van der Waals surface area contributed by atoms with Gasteiger partial charge in [0.2, 0.25) is 0 Å². The SMILES string of the molecule is Cc1cc(C)cc(N/C=C(/C#N)C(=O)N2CC(C)OC(C)C2)c1. The van der Waals surface area contributed by atoms with Crippen molar-refractivity contribution in [3.63, 3.8) is 0 Å². The molecule has 1 aliphatic heterocycles. The Morgan fingerprint density at radius 3 is 2.35 bits per heavy atom. The molecule has 1 fully saturated rings. The van der Waals surface area contributed by atoms with Gasteiger partial charge in [0, 0.05) is 25.0 Å². The molecule has 1 saturated heterocycles. The van der Waals surface area contributed by atoms with Crippen molar-refractivity contribution >= 4 is 11.6 Å². The highest BCUT2D eigenvalue weighted by atomic mass is 16.5. The number of rotatable bonds is 3. The van der Waals surface area contributed by atoms with Gasteiger partial charge in [0.05, 0.1) is 12.2 Å². The summed E-state index contributed by atoms with van der Waals surface area (Å²) in [5, 5.41) is 12.4. The number of ether oxygens (including phenoxy) is 1. The Morgan fingerprint density at radius 1 is 1.26 bits per heavy atom. The van der Waals surface area contributed by atoms with Crippen molar-refractivity contribution in [3.05, 3.63) is 41.1 Å². The van der Waals surface area contributed by atoms with Gasteiger partial charge in [-0.3, -0.25) is 4.79 Å². The van der Waals surface area contributed by atoms with Crippen LogP contribution < -0.4 is 5.32 Å². The van der Waals surface area contributed by atoms with E-state index < -0.39 is 0 Å². The summed E-state index contributed by atoms with van der Waals surface area (Å²) in [4.78, 5) is 14.2. The standard InChI is InChI=1S/C18H23N3O2/c1-12-5-13(2)7-17(6-12)20-9-16(8-19)18(22)21-10-14(3)23-15(4)11-21/h5-7,9,14-15,20H,10-11H2,1-4H3/b16-9-. The van der Waals surface area contributed by atoms with Crippen molar-refractivity contribution in [1.29, 1.82) is 5.26 Å². The fourth-order valence-corrected chi connectivity index (χ4v) is 2.87. The highest BCUT2D eigenvalue weighted by Crippen LogP contribution is 2.16. The first-order valence-electron chi connectivity index (χ1n) is 7.79. The molecule has 1 heterocycles. The number of nitriles is 1. The maximum Gasteiger partial charge on any atom is 0.266 e. The Morgan fingerprint density at radius 2 is 1.83 bits per heavy atom. The van der Waals surface area contributed by atoms with Crippen LogP contribution in [0.1, 0.15) is 25.0 Å². The average Bonchev–Trinajstić information content (AvgIpc) is 2.45. The van der Waals surface area contributed by atoms with Crippen LogP contribution in [0.3, 0.4) is 0 Å². The van der Waals surface area contributed by atoms with Crippen LogP contribution in [0.2, 0.25) is 0 Å². The fourth-order valence-electron chi connectivity index (χ4n) is 2.87. The first-order chi connectivity index (χ1) is 10.9. The van der Waals surface area contributed by atoms with E-state index in [-0.39, 0.29) is 23.7 Å². The molecule has 1 aromatic rings. The van der Waals surface area contributed by atoms with E-state index in [0.29, 0.717) is 13.1 Å². The summed E-state index contributed by atoms with van der Waals surface area (Å²) in [6.45, 7) is 8.89. The zero-order valence-corrected chi connectivity index (χ0v) is 14.1. The second-order valence-corrected chi connectivity index (χ2v) is 6.16. The van der Waals surface area contributed by atoms with Gasteiger partial charge in [-0.2, -0.15) is 5.26 Å². The quantitative estimate of drug-likeness (QED) is 0.688. The molecular weight excluding hydrogens is 290 g/mol. The molecule has 2 rings (SSSR count). The topological polar surface area (TPSA) is 65.4 Å². The number of carbonyl (C=O) groups excluding carboxylic acids is 1. The Bertz CT molecular complexity index is 630. The van der Waals surface area contributed by atoms with Crippen molar-refractivity contribution < 1.29 is 9.53 Å². The van der Waals surface area contributed by atoms with Crippen LogP contribution in [0.5, 0.6) is 0 Å². The van der Waals surface area contributed by atoms with E-state index in [1.165, 1.54) is 6.20 Å². The van der Waals surface area contributed by atoms with Gasteiger partial charge in [-0.15, -0.1) is 0 Å². The lowest BCUT2D eigenvalue weighted by molar-refractivity contribution is -0.138. The van der Waals surface area contributed by atoms with Gasteiger partial charge >= 0.3 is 0 Å². The monoisotopic (exact) mass is 313 g/mol. The van der Waals surface area contributed by atoms with Crippen LogP contribution in [0, 0.1) is 25.2 Å². The second-order valence-electron chi connectivity index (χ2n) is 6.16. The van der Waals surface area contributed by atoms with E-state index in [9.17, 15) is 10.1 Å². The van der Waals surface area contributed by atoms with E-state index in [1.807, 2.05) is 45.9 Å². The third-order valence-electron chi connectivity index (χ3n) is 3.66. The minimum Gasteiger partial charge on any atom is -0.372 e. The minimum absolute atomic E-state index is 0.0185. The highest BCUT2D eigenvalue weighted by Gasteiger charge is 2.27. The van der Waals surface area contributed by atoms with Gasteiger partial charge in [-0.25, -0.2) is 0 Å². The molecule has 1 amide bonds. The van der Waals surface area contributed by atoms with Crippen LogP contribution >= 0.6 is 0 Å². The van der Waals surface area contributed by atoms with Crippen molar-refractivity contribution in [2.75, 3.05) is 18.4 Å². The number of hydrogen-bond donors (Lipinski definition) is 1. The summed E-state index contributed by atoms with van der Waals surface area (Å²) in [6, 6.07) is 8.01. The van der Waals surface area contributed by atoms with Crippen molar-refractivity contribution in [2.45, 2.75) is 39.9 Å². The number of morpholine rings is 1. The largest absolute Gasteiger partial charge is 0.372 e. The normalized spacial score (nSPS) is 21.7. The third kappa shape index (κ3) is 4.57. The Labute approximate surface area is 137 Å². The molecule has 0 aliphatic carbocycles. The second kappa shape index (κ2) is 7.30. The van der Waals surface area contributed by atoms with Gasteiger partial charge in [-0.1, -0.05) is 6.07 Å². The molecule has 23 heavy (non-hydrogen) atoms. The van der Waals surface area contributed by atoms with Gasteiger partial charge in [0.15, 0.2) is 0 Å². The first-order valence-corrected chi connectivity index (χ1v) is 7.79. The highest BCUT2D eigenvalue weighted by molar-refractivity contribution is 5.97. The molecular formula is C18H23N3O2. The maximum absolute atomic E-state index is 12.5. The number of anilines is 1. The Kier molecular flexibility index (Phi) is 5.41. The number of nitrogens with one attached hydrogen (secondary N) is 1. The Balaban J connectivity index is 2.12. The molecule has 5 heteroatoms. The average molecular weight is 313 g/mol. The first kappa shape index (κ1) is 17.0. The fraction of sp³-hybridized carbons (Fsp3) is 0.444. The van der Waals surface area contributed by atoms with Crippen LogP contribution in [0.4, 0.5) is 5.69 Å². The molecule has 0 radical (unpaired) electrons. The summed E-state index contributed by atoms with van der Waals surface area (Å²) in [5.74, 6) is -0.258. The summed E-state index contributed by atoms with van der Waals surface area (Å²) >= 11 is 0. The Hall–Kier alpha value is -2.32. The molecule has 5 nitrogen and oxygen atoms in total. The van der Waals surface area contributed by atoms with Crippen LogP contribution in [0.25, 0.3) is 0 Å². The third-order valence-corrected chi connectivity index (χ3v) is 3.66. The van der Waals surface area contributed by atoms with E-state index >= 15 is 0 Å². The number of aryl methyl sites for hydroxylation is 2. The lowest BCUT2D eigenvalue weighted by Gasteiger charge is -2.35. The van der Waals surface area contributed by atoms with Crippen LogP contribution in [-0.2, 0) is 9.53 Å². The molecule has 1 aliphatic rings. The zero-order chi connectivity index (χ0) is 17.0. The smallest absolute Gasteiger partial charge is 0.266 e. The number of benzene rings is 1. The van der Waals surface area contributed by atoms with Gasteiger partial charge in [0.1, 0.15) is 11.6 Å². The summed E-state index contributed by atoms with van der Waals surface area (Å²) in [6.07, 6.45) is 1.45. The molecule has 1 aromatic carbocycles. The number of nitrogens with zero attached hydrogens (tertiary/aromatic N) is 2. The number of amides is 1. The van der Waals surface area contributed by atoms with Crippen molar-refractivity contribution in [1.82, 2.24) is 4.90 Å². The lowest BCUT2D eigenvalue weighted by Crippen LogP contribution is -2.48. The van der Waals surface area contributed by atoms with E-state index in [4.69, 9.17) is 4.74 Å². The minimum atomic E-state index is -0.258. The summed E-state index contributed by atoms with van der Waals surface area (Å²) in [7, 11) is 0. The molecule has 0 aromatic heterocycles. The van der Waals surface area contributed by atoms with Crippen molar-refractivity contribution in [3.8, 4) is 6.07 Å². The molecule has 0 spiro atoms. The molecule has 0 bridgehead atoms. The number of hydrogen-bond acceptors (Lipinski definition) is 4. The van der Waals surface area contributed by atoms with Gasteiger partial charge in [0.25, 0.3) is 5.91 Å². The molecule has 2 atom stereocenters. The van der Waals surface area contributed by atoms with Gasteiger partial charge < -0.3 is 15.0 Å². The molecule has 2 unspecified atom stereocenters. The van der Waals surface area contributed by atoms with Crippen LogP contribution in [0.15, 0.2) is 30.0 Å². The zero-order valence-electron chi connectivity index (χ0n) is 14.1. The van der Waals surface area contributed by atoms with Crippen LogP contribution in [-0.4, -0.2) is 36.1 Å². The lowest BCUT2D eigenvalue weighted by atomic mass is 10.1. The van der Waals surface area contributed by atoms with Gasteiger partial charge in [-0.05, 0) is 51.0 Å². The van der Waals surface area contributed by atoms with Crippen molar-refractivity contribution in [2.24, 2.45) is 0 Å². The maximum atomic E-state index is 12.5. The molecule has 0 saturated carbocycles. The van der Waals surface area contributed by atoms with E-state index in [2.05, 4.69) is 11.4 Å².